The summed E-state index contributed by atoms with van der Waals surface area (Å²) in [6.45, 7) is 0.787. The second-order valence-electron chi connectivity index (χ2n) is 4.87. The number of rotatable bonds is 6. The third-order valence-corrected chi connectivity index (χ3v) is 3.26. The molecule has 6 heteroatoms. The number of esters is 1. The lowest BCUT2D eigenvalue weighted by atomic mass is 10.1. The van der Waals surface area contributed by atoms with Gasteiger partial charge in [-0.3, -0.25) is 4.79 Å². The molecule has 21 heavy (non-hydrogen) atoms. The highest BCUT2D eigenvalue weighted by molar-refractivity contribution is 5.91. The van der Waals surface area contributed by atoms with Crippen LogP contribution in [-0.2, 0) is 20.9 Å². The number of carbonyl (C=O) groups excluding carboxylic acids is 2. The van der Waals surface area contributed by atoms with Crippen molar-refractivity contribution in [2.24, 2.45) is 0 Å². The highest BCUT2D eigenvalue weighted by atomic mass is 16.5. The topological polar surface area (TPSA) is 84.9 Å². The number of aliphatic hydroxyl groups excluding tert-OH is 1. The first-order valence-corrected chi connectivity index (χ1v) is 6.94. The SMILES string of the molecule is O=C(COC(=O)c1ccc(CO)cc1)NC[C@H]1CCCO1. The van der Waals surface area contributed by atoms with Crippen molar-refractivity contribution < 1.29 is 24.2 Å². The predicted molar refractivity (Wildman–Crippen MR) is 74.6 cm³/mol. The van der Waals surface area contributed by atoms with Crippen molar-refractivity contribution in [3.8, 4) is 0 Å². The van der Waals surface area contributed by atoms with Crippen LogP contribution in [0.4, 0.5) is 0 Å². The normalized spacial score (nSPS) is 17.5. The van der Waals surface area contributed by atoms with Crippen LogP contribution in [0.15, 0.2) is 24.3 Å². The van der Waals surface area contributed by atoms with E-state index in [4.69, 9.17) is 14.6 Å². The number of nitrogens with one attached hydrogen (secondary N) is 1. The van der Waals surface area contributed by atoms with Crippen LogP contribution in [0.1, 0.15) is 28.8 Å². The summed E-state index contributed by atoms with van der Waals surface area (Å²) in [6, 6.07) is 6.37. The van der Waals surface area contributed by atoms with E-state index in [0.29, 0.717) is 17.7 Å². The zero-order valence-electron chi connectivity index (χ0n) is 11.7. The molecule has 1 fully saturated rings. The van der Waals surface area contributed by atoms with Crippen molar-refractivity contribution in [3.05, 3.63) is 35.4 Å². The Balaban J connectivity index is 1.70. The third-order valence-electron chi connectivity index (χ3n) is 3.26. The molecule has 0 radical (unpaired) electrons. The highest BCUT2D eigenvalue weighted by Crippen LogP contribution is 2.10. The number of benzene rings is 1. The molecule has 0 aromatic heterocycles. The molecule has 0 unspecified atom stereocenters. The molecule has 0 saturated carbocycles. The van der Waals surface area contributed by atoms with E-state index in [2.05, 4.69) is 5.32 Å². The van der Waals surface area contributed by atoms with E-state index >= 15 is 0 Å². The first-order chi connectivity index (χ1) is 10.2. The van der Waals surface area contributed by atoms with Crippen LogP contribution in [0.2, 0.25) is 0 Å². The number of amides is 1. The average Bonchev–Trinajstić information content (AvgIpc) is 3.04. The number of aliphatic hydroxyl groups is 1. The molecule has 2 N–H and O–H groups in total. The summed E-state index contributed by atoms with van der Waals surface area (Å²) in [7, 11) is 0. The summed E-state index contributed by atoms with van der Waals surface area (Å²) >= 11 is 0. The summed E-state index contributed by atoms with van der Waals surface area (Å²) in [6.07, 6.45) is 2.02. The zero-order chi connectivity index (χ0) is 15.1. The Morgan fingerprint density at radius 3 is 2.71 bits per heavy atom. The van der Waals surface area contributed by atoms with Crippen molar-refractivity contribution >= 4 is 11.9 Å². The molecular weight excluding hydrogens is 274 g/mol. The van der Waals surface area contributed by atoms with Crippen molar-refractivity contribution in [3.63, 3.8) is 0 Å². The van der Waals surface area contributed by atoms with Gasteiger partial charge in [-0.05, 0) is 30.5 Å². The summed E-state index contributed by atoms with van der Waals surface area (Å²) in [5.41, 5.74) is 1.06. The molecule has 0 aliphatic carbocycles. The average molecular weight is 293 g/mol. The van der Waals surface area contributed by atoms with Crippen LogP contribution < -0.4 is 5.32 Å². The van der Waals surface area contributed by atoms with Crippen molar-refractivity contribution in [2.75, 3.05) is 19.8 Å². The van der Waals surface area contributed by atoms with E-state index in [9.17, 15) is 9.59 Å². The lowest BCUT2D eigenvalue weighted by Crippen LogP contribution is -2.34. The van der Waals surface area contributed by atoms with Crippen LogP contribution in [0, 0.1) is 0 Å². The van der Waals surface area contributed by atoms with E-state index in [0.717, 1.165) is 19.4 Å². The Hall–Kier alpha value is -1.92. The van der Waals surface area contributed by atoms with Gasteiger partial charge < -0.3 is 19.9 Å². The van der Waals surface area contributed by atoms with Crippen LogP contribution in [-0.4, -0.2) is 42.8 Å². The lowest BCUT2D eigenvalue weighted by Gasteiger charge is -2.11. The maximum Gasteiger partial charge on any atom is 0.338 e. The van der Waals surface area contributed by atoms with Gasteiger partial charge in [-0.15, -0.1) is 0 Å². The van der Waals surface area contributed by atoms with E-state index < -0.39 is 5.97 Å². The van der Waals surface area contributed by atoms with Crippen LogP contribution >= 0.6 is 0 Å². The first kappa shape index (κ1) is 15.5. The molecule has 6 nitrogen and oxygen atoms in total. The molecule has 2 rings (SSSR count). The maximum absolute atomic E-state index is 11.7. The van der Waals surface area contributed by atoms with E-state index in [1.807, 2.05) is 0 Å². The molecule has 1 aliphatic rings. The second-order valence-corrected chi connectivity index (χ2v) is 4.87. The minimum absolute atomic E-state index is 0.0654. The van der Waals surface area contributed by atoms with Gasteiger partial charge in [-0.1, -0.05) is 12.1 Å². The molecule has 1 saturated heterocycles. The molecule has 1 aromatic carbocycles. The molecule has 114 valence electrons. The Morgan fingerprint density at radius 1 is 1.33 bits per heavy atom. The molecule has 0 spiro atoms. The van der Waals surface area contributed by atoms with Crippen LogP contribution in [0.5, 0.6) is 0 Å². The van der Waals surface area contributed by atoms with E-state index in [-0.39, 0.29) is 25.2 Å². The number of hydrogen-bond acceptors (Lipinski definition) is 5. The second kappa shape index (κ2) is 7.75. The number of carbonyl (C=O) groups is 2. The summed E-state index contributed by atoms with van der Waals surface area (Å²) in [5, 5.41) is 11.6. The molecule has 1 heterocycles. The molecule has 1 atom stereocenters. The molecule has 1 aromatic rings. The number of hydrogen-bond donors (Lipinski definition) is 2. The quantitative estimate of drug-likeness (QED) is 0.752. The molecule has 1 aliphatic heterocycles. The van der Waals surface area contributed by atoms with Gasteiger partial charge in [0.15, 0.2) is 6.61 Å². The van der Waals surface area contributed by atoms with Gasteiger partial charge in [0.1, 0.15) is 0 Å². The van der Waals surface area contributed by atoms with E-state index in [1.165, 1.54) is 0 Å². The first-order valence-electron chi connectivity index (χ1n) is 6.94. The van der Waals surface area contributed by atoms with Gasteiger partial charge >= 0.3 is 5.97 Å². The Kier molecular flexibility index (Phi) is 5.71. The largest absolute Gasteiger partial charge is 0.452 e. The van der Waals surface area contributed by atoms with Gasteiger partial charge in [0, 0.05) is 13.2 Å². The minimum Gasteiger partial charge on any atom is -0.452 e. The summed E-state index contributed by atoms with van der Waals surface area (Å²) in [4.78, 5) is 23.3. The summed E-state index contributed by atoms with van der Waals surface area (Å²) < 4.78 is 10.3. The monoisotopic (exact) mass is 293 g/mol. The smallest absolute Gasteiger partial charge is 0.338 e. The minimum atomic E-state index is -0.563. The fourth-order valence-electron chi connectivity index (χ4n) is 2.04. The lowest BCUT2D eigenvalue weighted by molar-refractivity contribution is -0.124. The standard InChI is InChI=1S/C15H19NO5/c17-9-11-3-5-12(6-4-11)15(19)21-10-14(18)16-8-13-2-1-7-20-13/h3-6,13,17H,1-2,7-10H2,(H,16,18)/t13-/m1/s1. The maximum atomic E-state index is 11.7. The Morgan fingerprint density at radius 2 is 2.10 bits per heavy atom. The zero-order valence-corrected chi connectivity index (χ0v) is 11.7. The third kappa shape index (κ3) is 4.84. The van der Waals surface area contributed by atoms with Gasteiger partial charge in [0.05, 0.1) is 18.3 Å². The van der Waals surface area contributed by atoms with Crippen molar-refractivity contribution in [1.82, 2.24) is 5.32 Å². The Bertz CT molecular complexity index is 479. The summed E-state index contributed by atoms with van der Waals surface area (Å²) in [5.74, 6) is -0.905. The molecule has 1 amide bonds. The van der Waals surface area contributed by atoms with Crippen molar-refractivity contribution in [2.45, 2.75) is 25.6 Å². The van der Waals surface area contributed by atoms with Gasteiger partial charge in [-0.2, -0.15) is 0 Å². The van der Waals surface area contributed by atoms with Crippen LogP contribution in [0.25, 0.3) is 0 Å². The highest BCUT2D eigenvalue weighted by Gasteiger charge is 2.16. The van der Waals surface area contributed by atoms with Gasteiger partial charge in [-0.25, -0.2) is 4.79 Å². The molecular formula is C15H19NO5. The van der Waals surface area contributed by atoms with Crippen molar-refractivity contribution in [1.29, 1.82) is 0 Å². The van der Waals surface area contributed by atoms with Crippen LogP contribution in [0.3, 0.4) is 0 Å². The van der Waals surface area contributed by atoms with Gasteiger partial charge in [0.2, 0.25) is 0 Å². The fraction of sp³-hybridized carbons (Fsp3) is 0.467. The van der Waals surface area contributed by atoms with E-state index in [1.54, 1.807) is 24.3 Å². The Labute approximate surface area is 123 Å². The van der Waals surface area contributed by atoms with Gasteiger partial charge in [0.25, 0.3) is 5.91 Å². The predicted octanol–water partition coefficient (Wildman–Crippen LogP) is 0.631. The molecule has 0 bridgehead atoms. The number of ether oxygens (including phenoxy) is 2. The fourth-order valence-corrected chi connectivity index (χ4v) is 2.04.